The zero-order valence-electron chi connectivity index (χ0n) is 20.2. The number of benzene rings is 2. The molecule has 1 aromatic heterocycles. The Bertz CT molecular complexity index is 1220. The summed E-state index contributed by atoms with van der Waals surface area (Å²) >= 11 is 0. The van der Waals surface area contributed by atoms with Crippen molar-refractivity contribution in [1.82, 2.24) is 20.4 Å². The average Bonchev–Trinajstić information content (AvgIpc) is 3.32. The van der Waals surface area contributed by atoms with E-state index in [1.54, 1.807) is 19.1 Å². The number of nitrogens with zero attached hydrogens (tertiary/aromatic N) is 3. The monoisotopic (exact) mass is 462 g/mol. The molecule has 1 aliphatic heterocycles. The predicted molar refractivity (Wildman–Crippen MR) is 129 cm³/mol. The van der Waals surface area contributed by atoms with Gasteiger partial charge in [0.05, 0.1) is 18.7 Å². The third kappa shape index (κ3) is 4.68. The van der Waals surface area contributed by atoms with E-state index in [2.05, 4.69) is 36.5 Å². The van der Waals surface area contributed by atoms with Crippen LogP contribution in [0.4, 0.5) is 4.79 Å². The van der Waals surface area contributed by atoms with Crippen LogP contribution in [0.25, 0.3) is 17.0 Å². The van der Waals surface area contributed by atoms with Gasteiger partial charge in [0.25, 0.3) is 5.89 Å². The molecule has 8 heteroatoms. The molecule has 0 radical (unpaired) electrons. The minimum absolute atomic E-state index is 0.159. The highest BCUT2D eigenvalue weighted by atomic mass is 16.5. The van der Waals surface area contributed by atoms with E-state index in [1.807, 2.05) is 37.3 Å². The molecule has 0 bridgehead atoms. The number of ether oxygens (including phenoxy) is 2. The first kappa shape index (κ1) is 23.5. The number of nitrogens with one attached hydrogen (secondary N) is 1. The topological polar surface area (TPSA) is 89.7 Å². The van der Waals surface area contributed by atoms with Crippen molar-refractivity contribution in [2.24, 2.45) is 0 Å². The second kappa shape index (κ2) is 10.1. The van der Waals surface area contributed by atoms with Gasteiger partial charge >= 0.3 is 6.03 Å². The van der Waals surface area contributed by atoms with E-state index in [1.165, 1.54) is 5.56 Å². The Balaban J connectivity index is 1.78. The molecule has 1 aliphatic rings. The fourth-order valence-corrected chi connectivity index (χ4v) is 4.10. The quantitative estimate of drug-likeness (QED) is 0.479. The molecule has 4 rings (SSSR count). The van der Waals surface area contributed by atoms with Gasteiger partial charge < -0.3 is 19.3 Å². The summed E-state index contributed by atoms with van der Waals surface area (Å²) < 4.78 is 16.3. The van der Waals surface area contributed by atoms with Crippen molar-refractivity contribution >= 4 is 11.6 Å². The smallest absolute Gasteiger partial charge is 0.322 e. The van der Waals surface area contributed by atoms with Gasteiger partial charge in [-0.3, -0.25) is 4.90 Å². The average molecular weight is 463 g/mol. The van der Waals surface area contributed by atoms with Gasteiger partial charge in [0.1, 0.15) is 5.75 Å². The van der Waals surface area contributed by atoms with E-state index in [0.717, 1.165) is 28.0 Å². The molecule has 1 atom stereocenters. The maximum atomic E-state index is 13.1. The lowest BCUT2D eigenvalue weighted by Gasteiger charge is -2.35. The Morgan fingerprint density at radius 3 is 2.65 bits per heavy atom. The van der Waals surface area contributed by atoms with E-state index in [0.29, 0.717) is 37.0 Å². The van der Waals surface area contributed by atoms with Gasteiger partial charge in [-0.05, 0) is 56.0 Å². The van der Waals surface area contributed by atoms with Crippen molar-refractivity contribution in [3.63, 3.8) is 0 Å². The fraction of sp³-hybridized carbons (Fsp3) is 0.346. The Morgan fingerprint density at radius 1 is 1.09 bits per heavy atom. The zero-order chi connectivity index (χ0) is 24.2. The molecule has 1 N–H and O–H groups in total. The molecule has 1 unspecified atom stereocenters. The summed E-state index contributed by atoms with van der Waals surface area (Å²) in [7, 11) is 3.27. The summed E-state index contributed by atoms with van der Waals surface area (Å²) in [5.74, 6) is 1.53. The molecule has 0 aliphatic carbocycles. The first-order valence-corrected chi connectivity index (χ1v) is 11.3. The van der Waals surface area contributed by atoms with Crippen LogP contribution in [0.3, 0.4) is 0 Å². The number of methoxy groups -OCH3 is 2. The first-order valence-electron chi connectivity index (χ1n) is 11.3. The molecule has 2 heterocycles. The van der Waals surface area contributed by atoms with Crippen LogP contribution in [0.1, 0.15) is 42.0 Å². The molecule has 0 fully saturated rings. The van der Waals surface area contributed by atoms with E-state index in [4.69, 9.17) is 19.0 Å². The maximum Gasteiger partial charge on any atom is 0.322 e. The summed E-state index contributed by atoms with van der Waals surface area (Å²) in [5, 5.41) is 7.37. The van der Waals surface area contributed by atoms with Crippen LogP contribution in [0, 0.1) is 13.8 Å². The molecule has 3 aromatic rings. The number of carbonyl (C=O) groups is 1. The summed E-state index contributed by atoms with van der Waals surface area (Å²) in [6, 6.07) is 13.1. The summed E-state index contributed by atoms with van der Waals surface area (Å²) in [4.78, 5) is 19.5. The Kier molecular flexibility index (Phi) is 6.98. The molecular weight excluding hydrogens is 432 g/mol. The van der Waals surface area contributed by atoms with E-state index in [9.17, 15) is 4.79 Å². The summed E-state index contributed by atoms with van der Waals surface area (Å²) in [6.07, 6.45) is 0.710. The SMILES string of the molecule is COCCCN1C(=O)NC(c2ccc(C)c(C)c2)C(c2nc(-c3cccc(OC)c3)no2)=C1C. The minimum atomic E-state index is -0.413. The lowest BCUT2D eigenvalue weighted by atomic mass is 9.92. The number of hydrogen-bond donors (Lipinski definition) is 1. The Hall–Kier alpha value is -3.65. The fourth-order valence-electron chi connectivity index (χ4n) is 4.10. The number of amides is 2. The van der Waals surface area contributed by atoms with E-state index >= 15 is 0 Å². The Labute approximate surface area is 199 Å². The number of aromatic nitrogens is 2. The van der Waals surface area contributed by atoms with Gasteiger partial charge in [-0.2, -0.15) is 4.98 Å². The number of rotatable bonds is 8. The van der Waals surface area contributed by atoms with Crippen LogP contribution in [0.2, 0.25) is 0 Å². The zero-order valence-corrected chi connectivity index (χ0v) is 20.2. The van der Waals surface area contributed by atoms with Crippen LogP contribution in [0.15, 0.2) is 52.7 Å². The number of aryl methyl sites for hydroxylation is 2. The summed E-state index contributed by atoms with van der Waals surface area (Å²) in [5.41, 5.74) is 5.64. The van der Waals surface area contributed by atoms with Crippen LogP contribution in [0.5, 0.6) is 5.75 Å². The predicted octanol–water partition coefficient (Wildman–Crippen LogP) is 4.90. The van der Waals surface area contributed by atoms with Crippen molar-refractivity contribution in [2.75, 3.05) is 27.4 Å². The van der Waals surface area contributed by atoms with Crippen molar-refractivity contribution < 1.29 is 18.8 Å². The van der Waals surface area contributed by atoms with Gasteiger partial charge in [0.15, 0.2) is 0 Å². The lowest BCUT2D eigenvalue weighted by Crippen LogP contribution is -2.46. The molecule has 178 valence electrons. The molecule has 2 amide bonds. The van der Waals surface area contributed by atoms with Crippen molar-refractivity contribution in [3.05, 3.63) is 70.7 Å². The third-order valence-electron chi connectivity index (χ3n) is 6.18. The van der Waals surface area contributed by atoms with E-state index < -0.39 is 6.04 Å². The number of urea groups is 1. The number of allylic oxidation sites excluding steroid dienone is 1. The van der Waals surface area contributed by atoms with Gasteiger partial charge in [0, 0.05) is 31.5 Å². The molecular formula is C26H30N4O4. The van der Waals surface area contributed by atoms with Crippen LogP contribution < -0.4 is 10.1 Å². The van der Waals surface area contributed by atoms with Gasteiger partial charge in [-0.15, -0.1) is 0 Å². The van der Waals surface area contributed by atoms with E-state index in [-0.39, 0.29) is 6.03 Å². The highest BCUT2D eigenvalue weighted by molar-refractivity contribution is 5.87. The maximum absolute atomic E-state index is 13.1. The molecule has 0 spiro atoms. The number of hydrogen-bond acceptors (Lipinski definition) is 6. The Morgan fingerprint density at radius 2 is 1.91 bits per heavy atom. The standard InChI is InChI=1S/C26H30N4O4/c1-16-10-11-19(14-17(16)2)23-22(18(3)30(26(31)27-23)12-7-13-32-4)25-28-24(29-34-25)20-8-6-9-21(15-20)33-5/h6,8-11,14-15,23H,7,12-13H2,1-5H3,(H,27,31). The van der Waals surface area contributed by atoms with Gasteiger partial charge in [-0.25, -0.2) is 4.79 Å². The largest absolute Gasteiger partial charge is 0.497 e. The normalized spacial score (nSPS) is 16.1. The highest BCUT2D eigenvalue weighted by Gasteiger charge is 2.35. The van der Waals surface area contributed by atoms with Crippen LogP contribution >= 0.6 is 0 Å². The second-order valence-electron chi connectivity index (χ2n) is 8.38. The van der Waals surface area contributed by atoms with Gasteiger partial charge in [0.2, 0.25) is 5.82 Å². The minimum Gasteiger partial charge on any atom is -0.497 e. The number of carbonyl (C=O) groups excluding carboxylic acids is 1. The van der Waals surface area contributed by atoms with Gasteiger partial charge in [-0.1, -0.05) is 35.5 Å². The molecule has 2 aromatic carbocycles. The molecule has 0 saturated heterocycles. The third-order valence-corrected chi connectivity index (χ3v) is 6.18. The molecule has 8 nitrogen and oxygen atoms in total. The second-order valence-corrected chi connectivity index (χ2v) is 8.38. The molecule has 0 saturated carbocycles. The first-order chi connectivity index (χ1) is 16.4. The highest BCUT2D eigenvalue weighted by Crippen LogP contribution is 2.38. The van der Waals surface area contributed by atoms with Crippen LogP contribution in [-0.2, 0) is 4.74 Å². The van der Waals surface area contributed by atoms with Crippen molar-refractivity contribution in [1.29, 1.82) is 0 Å². The van der Waals surface area contributed by atoms with Crippen molar-refractivity contribution in [2.45, 2.75) is 33.2 Å². The lowest BCUT2D eigenvalue weighted by molar-refractivity contribution is 0.174. The molecule has 34 heavy (non-hydrogen) atoms. The van der Waals surface area contributed by atoms with Crippen LogP contribution in [-0.4, -0.2) is 48.4 Å². The van der Waals surface area contributed by atoms with Crippen molar-refractivity contribution in [3.8, 4) is 17.1 Å². The summed E-state index contributed by atoms with van der Waals surface area (Å²) in [6.45, 7) is 7.13.